The van der Waals surface area contributed by atoms with E-state index in [4.69, 9.17) is 10.8 Å². The normalized spacial score (nSPS) is 27.4. The highest BCUT2D eigenvalue weighted by atomic mass is 16.4. The molecule has 114 valence electrons. The minimum atomic E-state index is -1.29. The number of amides is 3. The van der Waals surface area contributed by atoms with E-state index in [-0.39, 0.29) is 6.04 Å². The van der Waals surface area contributed by atoms with E-state index in [1.165, 1.54) is 0 Å². The van der Waals surface area contributed by atoms with Crippen molar-refractivity contribution in [3.05, 3.63) is 0 Å². The van der Waals surface area contributed by atoms with E-state index < -0.39 is 30.4 Å². The molecule has 1 aliphatic rings. The third-order valence-corrected chi connectivity index (χ3v) is 3.76. The van der Waals surface area contributed by atoms with Gasteiger partial charge in [0.05, 0.1) is 6.42 Å². The zero-order valence-corrected chi connectivity index (χ0v) is 11.9. The Morgan fingerprint density at radius 2 is 1.95 bits per heavy atom. The number of hydrogen-bond donors (Lipinski definition) is 4. The van der Waals surface area contributed by atoms with Crippen molar-refractivity contribution in [1.82, 2.24) is 10.6 Å². The van der Waals surface area contributed by atoms with Crippen LogP contribution in [0.25, 0.3) is 0 Å². The Labute approximate surface area is 118 Å². The average molecular weight is 285 g/mol. The van der Waals surface area contributed by atoms with Crippen molar-refractivity contribution < 1.29 is 19.5 Å². The van der Waals surface area contributed by atoms with Gasteiger partial charge in [0, 0.05) is 6.04 Å². The molecule has 1 aliphatic carbocycles. The van der Waals surface area contributed by atoms with Crippen LogP contribution in [0.4, 0.5) is 4.79 Å². The second kappa shape index (κ2) is 7.12. The molecule has 4 atom stereocenters. The van der Waals surface area contributed by atoms with E-state index in [9.17, 15) is 14.4 Å². The summed E-state index contributed by atoms with van der Waals surface area (Å²) in [6.45, 7) is 4.25. The number of nitrogens with one attached hydrogen (secondary N) is 2. The van der Waals surface area contributed by atoms with Crippen LogP contribution < -0.4 is 16.4 Å². The molecule has 7 nitrogen and oxygen atoms in total. The Bertz CT molecular complexity index is 386. The smallest absolute Gasteiger partial charge is 0.326 e. The summed E-state index contributed by atoms with van der Waals surface area (Å²) in [4.78, 5) is 33.5. The Morgan fingerprint density at radius 3 is 2.45 bits per heavy atom. The number of primary amides is 1. The van der Waals surface area contributed by atoms with Gasteiger partial charge in [0.25, 0.3) is 0 Å². The lowest BCUT2D eigenvalue weighted by Gasteiger charge is -2.33. The molecule has 0 aliphatic heterocycles. The number of carbonyl (C=O) groups excluding carboxylic acids is 2. The zero-order valence-electron chi connectivity index (χ0n) is 11.9. The maximum Gasteiger partial charge on any atom is 0.326 e. The topological polar surface area (TPSA) is 122 Å². The van der Waals surface area contributed by atoms with E-state index >= 15 is 0 Å². The summed E-state index contributed by atoms with van der Waals surface area (Å²) in [5.41, 5.74) is 4.95. The maximum atomic E-state index is 11.8. The lowest BCUT2D eigenvalue weighted by molar-refractivity contribution is -0.140. The molecular formula is C13H23N3O4. The highest BCUT2D eigenvalue weighted by Crippen LogP contribution is 2.28. The minimum Gasteiger partial charge on any atom is -0.480 e. The predicted molar refractivity (Wildman–Crippen MR) is 72.9 cm³/mol. The lowest BCUT2D eigenvalue weighted by Crippen LogP contribution is -2.52. The number of carbonyl (C=O) groups is 3. The Kier molecular flexibility index (Phi) is 5.79. The fourth-order valence-corrected chi connectivity index (χ4v) is 2.65. The number of nitrogens with two attached hydrogens (primary N) is 1. The van der Waals surface area contributed by atoms with Crippen LogP contribution in [-0.4, -0.2) is 35.1 Å². The average Bonchev–Trinajstić information content (AvgIpc) is 2.31. The van der Waals surface area contributed by atoms with Crippen molar-refractivity contribution in [2.75, 3.05) is 0 Å². The molecule has 0 saturated heterocycles. The summed E-state index contributed by atoms with van der Waals surface area (Å²) in [6, 6.07) is -1.82. The molecule has 0 radical (unpaired) electrons. The third-order valence-electron chi connectivity index (χ3n) is 3.76. The van der Waals surface area contributed by atoms with Gasteiger partial charge < -0.3 is 21.5 Å². The molecule has 5 N–H and O–H groups in total. The number of carboxylic acids is 1. The summed E-state index contributed by atoms with van der Waals surface area (Å²) >= 11 is 0. The Hall–Kier alpha value is -1.79. The number of urea groups is 1. The first-order valence-corrected chi connectivity index (χ1v) is 6.87. The quantitative estimate of drug-likeness (QED) is 0.585. The SMILES string of the molecule is CC1CCC(NC(=O)N[C@H](CC(N)=O)C(=O)O)C(C)C1. The second-order valence-electron chi connectivity index (χ2n) is 5.68. The van der Waals surface area contributed by atoms with Crippen LogP contribution in [0.5, 0.6) is 0 Å². The van der Waals surface area contributed by atoms with Gasteiger partial charge in [0.1, 0.15) is 6.04 Å². The van der Waals surface area contributed by atoms with E-state index in [0.717, 1.165) is 19.3 Å². The molecule has 1 saturated carbocycles. The van der Waals surface area contributed by atoms with Crippen LogP contribution in [0.2, 0.25) is 0 Å². The summed E-state index contributed by atoms with van der Waals surface area (Å²) < 4.78 is 0. The van der Waals surface area contributed by atoms with E-state index in [2.05, 4.69) is 24.5 Å². The Balaban J connectivity index is 2.49. The van der Waals surface area contributed by atoms with Crippen molar-refractivity contribution in [1.29, 1.82) is 0 Å². The molecule has 0 spiro atoms. The third kappa shape index (κ3) is 5.07. The van der Waals surface area contributed by atoms with Crippen LogP contribution in [-0.2, 0) is 9.59 Å². The first-order valence-electron chi connectivity index (χ1n) is 6.87. The molecular weight excluding hydrogens is 262 g/mol. The second-order valence-corrected chi connectivity index (χ2v) is 5.68. The Morgan fingerprint density at radius 1 is 1.30 bits per heavy atom. The van der Waals surface area contributed by atoms with Crippen molar-refractivity contribution >= 4 is 17.9 Å². The maximum absolute atomic E-state index is 11.8. The minimum absolute atomic E-state index is 0.0363. The van der Waals surface area contributed by atoms with E-state index in [1.54, 1.807) is 0 Å². The molecule has 0 aromatic carbocycles. The molecule has 7 heteroatoms. The van der Waals surface area contributed by atoms with Crippen molar-refractivity contribution in [2.24, 2.45) is 17.6 Å². The molecule has 0 bridgehead atoms. The van der Waals surface area contributed by atoms with Crippen LogP contribution in [0.3, 0.4) is 0 Å². The molecule has 1 fully saturated rings. The van der Waals surface area contributed by atoms with Gasteiger partial charge >= 0.3 is 12.0 Å². The molecule has 0 heterocycles. The predicted octanol–water partition coefficient (Wildman–Crippen LogP) is 0.439. The summed E-state index contributed by atoms with van der Waals surface area (Å²) in [5.74, 6) is -1.04. The fraction of sp³-hybridized carbons (Fsp3) is 0.769. The van der Waals surface area contributed by atoms with Gasteiger partial charge in [-0.05, 0) is 31.1 Å². The van der Waals surface area contributed by atoms with Gasteiger partial charge in [-0.3, -0.25) is 4.79 Å². The molecule has 20 heavy (non-hydrogen) atoms. The van der Waals surface area contributed by atoms with Gasteiger partial charge in [-0.2, -0.15) is 0 Å². The number of rotatable bonds is 5. The largest absolute Gasteiger partial charge is 0.480 e. The highest BCUT2D eigenvalue weighted by molar-refractivity contribution is 5.87. The standard InChI is InChI=1S/C13H23N3O4/c1-7-3-4-9(8(2)5-7)15-13(20)16-10(12(18)19)6-11(14)17/h7-10H,3-6H2,1-2H3,(H2,14,17)(H,18,19)(H2,15,16,20)/t7?,8?,9?,10-/m1/s1. The highest BCUT2D eigenvalue weighted by Gasteiger charge is 2.28. The van der Waals surface area contributed by atoms with Crippen LogP contribution in [0, 0.1) is 11.8 Å². The first-order chi connectivity index (χ1) is 9.29. The van der Waals surface area contributed by atoms with Crippen LogP contribution in [0.1, 0.15) is 39.5 Å². The van der Waals surface area contributed by atoms with Crippen LogP contribution in [0.15, 0.2) is 0 Å². The summed E-state index contributed by atoms with van der Waals surface area (Å²) in [7, 11) is 0. The molecule has 0 aromatic heterocycles. The van der Waals surface area contributed by atoms with Crippen molar-refractivity contribution in [2.45, 2.75) is 51.6 Å². The number of aliphatic carboxylic acids is 1. The molecule has 0 aromatic rings. The number of carboxylic acid groups (broad SMARTS) is 1. The van der Waals surface area contributed by atoms with Gasteiger partial charge in [-0.25, -0.2) is 9.59 Å². The van der Waals surface area contributed by atoms with Crippen LogP contribution >= 0.6 is 0 Å². The first kappa shape index (κ1) is 16.3. The van der Waals surface area contributed by atoms with Gasteiger partial charge in [0.2, 0.25) is 5.91 Å². The summed E-state index contributed by atoms with van der Waals surface area (Å²) in [6.07, 6.45) is 2.54. The molecule has 1 rings (SSSR count). The molecule has 3 amide bonds. The monoisotopic (exact) mass is 285 g/mol. The van der Waals surface area contributed by atoms with Gasteiger partial charge in [-0.15, -0.1) is 0 Å². The zero-order chi connectivity index (χ0) is 15.3. The van der Waals surface area contributed by atoms with Gasteiger partial charge in [0.15, 0.2) is 0 Å². The summed E-state index contributed by atoms with van der Waals surface area (Å²) in [5, 5.41) is 14.0. The van der Waals surface area contributed by atoms with Crippen molar-refractivity contribution in [3.63, 3.8) is 0 Å². The number of hydrogen-bond acceptors (Lipinski definition) is 3. The lowest BCUT2D eigenvalue weighted by atomic mass is 9.80. The van der Waals surface area contributed by atoms with Crippen molar-refractivity contribution in [3.8, 4) is 0 Å². The van der Waals surface area contributed by atoms with E-state index in [1.807, 2.05) is 0 Å². The fourth-order valence-electron chi connectivity index (χ4n) is 2.65. The van der Waals surface area contributed by atoms with E-state index in [0.29, 0.717) is 11.8 Å². The van der Waals surface area contributed by atoms with Gasteiger partial charge in [-0.1, -0.05) is 13.8 Å². The molecule has 3 unspecified atom stereocenters.